The van der Waals surface area contributed by atoms with Crippen LogP contribution < -0.4 is 0 Å². The van der Waals surface area contributed by atoms with Crippen LogP contribution >= 0.6 is 15.9 Å². The molecule has 0 spiro atoms. The van der Waals surface area contributed by atoms with Crippen molar-refractivity contribution in [1.29, 1.82) is 0 Å². The molecular formula is C25H26BrN7O. The first-order chi connectivity index (χ1) is 16.5. The van der Waals surface area contributed by atoms with E-state index in [9.17, 15) is 0 Å². The van der Waals surface area contributed by atoms with Gasteiger partial charge in [0, 0.05) is 39.1 Å². The predicted octanol–water partition coefficient (Wildman–Crippen LogP) is 4.81. The van der Waals surface area contributed by atoms with Crippen LogP contribution in [-0.2, 0) is 18.8 Å². The molecule has 1 unspecified atom stereocenters. The maximum Gasteiger partial charge on any atom is 0.152 e. The minimum Gasteiger partial charge on any atom is -0.381 e. The number of pyridine rings is 1. The topological polar surface area (TPSA) is 75.6 Å². The number of hydrogen-bond donors (Lipinski definition) is 0. The number of rotatable bonds is 4. The SMILES string of the molecule is Cc1nnn(C)c1-c1cnc2c3c(c(Br)nn3C)n(C(c3ccccc3)C3CCOCC3)c2c1. The van der Waals surface area contributed by atoms with Gasteiger partial charge in [0.25, 0.3) is 0 Å². The molecule has 1 aromatic carbocycles. The van der Waals surface area contributed by atoms with Gasteiger partial charge in [-0.2, -0.15) is 5.10 Å². The van der Waals surface area contributed by atoms with E-state index in [2.05, 4.69) is 67.2 Å². The zero-order valence-corrected chi connectivity index (χ0v) is 21.0. The van der Waals surface area contributed by atoms with Crippen LogP contribution in [0.1, 0.15) is 30.1 Å². The van der Waals surface area contributed by atoms with Gasteiger partial charge in [0.2, 0.25) is 0 Å². The molecule has 5 heterocycles. The molecule has 5 aromatic rings. The highest BCUT2D eigenvalue weighted by Gasteiger charge is 2.32. The van der Waals surface area contributed by atoms with Gasteiger partial charge in [0.15, 0.2) is 4.60 Å². The van der Waals surface area contributed by atoms with Gasteiger partial charge in [0.05, 0.1) is 22.9 Å². The second-order valence-electron chi connectivity index (χ2n) is 9.03. The summed E-state index contributed by atoms with van der Waals surface area (Å²) < 4.78 is 12.8. The zero-order valence-electron chi connectivity index (χ0n) is 19.4. The second kappa shape index (κ2) is 8.32. The Kier molecular flexibility index (Phi) is 5.26. The summed E-state index contributed by atoms with van der Waals surface area (Å²) in [7, 11) is 3.90. The van der Waals surface area contributed by atoms with Crippen LogP contribution in [0.15, 0.2) is 47.2 Å². The number of aryl methyl sites for hydroxylation is 3. The van der Waals surface area contributed by atoms with Crippen molar-refractivity contribution in [3.8, 4) is 11.3 Å². The number of ether oxygens (including phenoxy) is 1. The summed E-state index contributed by atoms with van der Waals surface area (Å²) in [5.74, 6) is 0.436. The molecule has 0 radical (unpaired) electrons. The minimum absolute atomic E-state index is 0.133. The van der Waals surface area contributed by atoms with E-state index in [1.807, 2.05) is 36.6 Å². The average molecular weight is 520 g/mol. The third-order valence-electron chi connectivity index (χ3n) is 6.97. The molecule has 34 heavy (non-hydrogen) atoms. The molecular weight excluding hydrogens is 494 g/mol. The first kappa shape index (κ1) is 21.5. The quantitative estimate of drug-likeness (QED) is 0.340. The summed E-state index contributed by atoms with van der Waals surface area (Å²) in [6, 6.07) is 13.1. The van der Waals surface area contributed by atoms with E-state index in [4.69, 9.17) is 14.8 Å². The highest BCUT2D eigenvalue weighted by Crippen LogP contribution is 2.42. The molecule has 1 aliphatic rings. The molecule has 9 heteroatoms. The maximum absolute atomic E-state index is 5.74. The highest BCUT2D eigenvalue weighted by molar-refractivity contribution is 9.10. The van der Waals surface area contributed by atoms with Gasteiger partial charge in [-0.15, -0.1) is 5.10 Å². The van der Waals surface area contributed by atoms with E-state index >= 15 is 0 Å². The second-order valence-corrected chi connectivity index (χ2v) is 9.78. The normalized spacial score (nSPS) is 16.0. The smallest absolute Gasteiger partial charge is 0.152 e. The summed E-state index contributed by atoms with van der Waals surface area (Å²) in [5, 5.41) is 13.2. The van der Waals surface area contributed by atoms with Gasteiger partial charge in [-0.1, -0.05) is 35.5 Å². The maximum atomic E-state index is 5.74. The first-order valence-electron chi connectivity index (χ1n) is 11.6. The van der Waals surface area contributed by atoms with E-state index in [1.165, 1.54) is 5.56 Å². The fraction of sp³-hybridized carbons (Fsp3) is 0.360. The monoisotopic (exact) mass is 519 g/mol. The molecule has 0 amide bonds. The molecule has 8 nitrogen and oxygen atoms in total. The Balaban J connectivity index is 1.69. The molecule has 6 rings (SSSR count). The van der Waals surface area contributed by atoms with E-state index in [-0.39, 0.29) is 6.04 Å². The summed E-state index contributed by atoms with van der Waals surface area (Å²) in [4.78, 5) is 4.97. The fourth-order valence-electron chi connectivity index (χ4n) is 5.49. The van der Waals surface area contributed by atoms with Gasteiger partial charge in [-0.25, -0.2) is 4.68 Å². The molecule has 0 bridgehead atoms. The van der Waals surface area contributed by atoms with Crippen molar-refractivity contribution in [3.63, 3.8) is 0 Å². The third-order valence-corrected chi connectivity index (χ3v) is 7.51. The number of halogens is 1. The number of benzene rings is 1. The van der Waals surface area contributed by atoms with Crippen molar-refractivity contribution >= 4 is 38.0 Å². The number of aromatic nitrogens is 7. The Labute approximate surface area is 205 Å². The zero-order chi connectivity index (χ0) is 23.4. The van der Waals surface area contributed by atoms with E-state index in [1.54, 1.807) is 0 Å². The van der Waals surface area contributed by atoms with Crippen molar-refractivity contribution in [3.05, 3.63) is 58.5 Å². The molecule has 0 N–H and O–H groups in total. The van der Waals surface area contributed by atoms with Gasteiger partial charge in [-0.05, 0) is 53.2 Å². The summed E-state index contributed by atoms with van der Waals surface area (Å²) >= 11 is 3.76. The number of hydrogen-bond acceptors (Lipinski definition) is 5. The van der Waals surface area contributed by atoms with Crippen molar-refractivity contribution in [2.45, 2.75) is 25.8 Å². The lowest BCUT2D eigenvalue weighted by Crippen LogP contribution is -2.26. The Morgan fingerprint density at radius 1 is 1.06 bits per heavy atom. The Morgan fingerprint density at radius 2 is 1.82 bits per heavy atom. The van der Waals surface area contributed by atoms with Crippen LogP contribution in [0.25, 0.3) is 33.3 Å². The number of fused-ring (bicyclic) bond motifs is 3. The van der Waals surface area contributed by atoms with Crippen molar-refractivity contribution < 1.29 is 4.74 Å². The standard InChI is InChI=1S/C25H26BrN7O/c1-15-21(32(3)30-28-15)18-13-19-20(27-14-18)23-24(25(26)29-31(23)2)33(19)22(16-7-5-4-6-8-16)17-9-11-34-12-10-17/h4-8,13-14,17,22H,9-12H2,1-3H3. The molecule has 1 atom stereocenters. The van der Waals surface area contributed by atoms with Crippen molar-refractivity contribution in [2.24, 2.45) is 20.0 Å². The molecule has 1 fully saturated rings. The van der Waals surface area contributed by atoms with E-state index < -0.39 is 0 Å². The Hall–Kier alpha value is -3.04. The number of nitrogens with zero attached hydrogens (tertiary/aromatic N) is 7. The third kappa shape index (κ3) is 3.29. The molecule has 1 aliphatic heterocycles. The Morgan fingerprint density at radius 3 is 2.53 bits per heavy atom. The van der Waals surface area contributed by atoms with Gasteiger partial charge >= 0.3 is 0 Å². The first-order valence-corrected chi connectivity index (χ1v) is 12.4. The average Bonchev–Trinajstić information content (AvgIpc) is 3.47. The van der Waals surface area contributed by atoms with Crippen LogP contribution in [0.3, 0.4) is 0 Å². The highest BCUT2D eigenvalue weighted by atomic mass is 79.9. The largest absolute Gasteiger partial charge is 0.381 e. The van der Waals surface area contributed by atoms with Crippen LogP contribution in [0, 0.1) is 12.8 Å². The Bertz CT molecular complexity index is 1480. The van der Waals surface area contributed by atoms with Crippen LogP contribution in [0.2, 0.25) is 0 Å². The molecule has 174 valence electrons. The summed E-state index contributed by atoms with van der Waals surface area (Å²) in [5.41, 5.74) is 8.28. The van der Waals surface area contributed by atoms with Crippen LogP contribution in [-0.4, -0.2) is 47.5 Å². The fourth-order valence-corrected chi connectivity index (χ4v) is 6.10. The van der Waals surface area contributed by atoms with Gasteiger partial charge in [-0.3, -0.25) is 9.67 Å². The van der Waals surface area contributed by atoms with Gasteiger partial charge in [0.1, 0.15) is 16.6 Å². The van der Waals surface area contributed by atoms with Crippen molar-refractivity contribution in [1.82, 2.24) is 34.3 Å². The molecule has 0 saturated carbocycles. The minimum atomic E-state index is 0.133. The van der Waals surface area contributed by atoms with Crippen LogP contribution in [0.4, 0.5) is 0 Å². The summed E-state index contributed by atoms with van der Waals surface area (Å²) in [6.45, 7) is 3.55. The molecule has 4 aromatic heterocycles. The van der Waals surface area contributed by atoms with Crippen molar-refractivity contribution in [2.75, 3.05) is 13.2 Å². The lowest BCUT2D eigenvalue weighted by Gasteiger charge is -2.33. The van der Waals surface area contributed by atoms with E-state index in [0.29, 0.717) is 5.92 Å². The van der Waals surface area contributed by atoms with Crippen LogP contribution in [0.5, 0.6) is 0 Å². The van der Waals surface area contributed by atoms with Gasteiger partial charge < -0.3 is 9.30 Å². The lowest BCUT2D eigenvalue weighted by atomic mass is 9.86. The summed E-state index contributed by atoms with van der Waals surface area (Å²) in [6.07, 6.45) is 3.94. The lowest BCUT2D eigenvalue weighted by molar-refractivity contribution is 0.0552. The van der Waals surface area contributed by atoms with E-state index in [0.717, 1.165) is 69.7 Å². The predicted molar refractivity (Wildman–Crippen MR) is 135 cm³/mol. The molecule has 0 aliphatic carbocycles. The molecule has 1 saturated heterocycles.